The number of alkyl halides is 1. The highest BCUT2D eigenvalue weighted by atomic mass is 35.5. The monoisotopic (exact) mass is 157 g/mol. The van der Waals surface area contributed by atoms with Crippen LogP contribution in [0, 0.1) is 5.21 Å². The van der Waals surface area contributed by atoms with E-state index in [2.05, 4.69) is 0 Å². The summed E-state index contributed by atoms with van der Waals surface area (Å²) in [5.74, 6) is 0.492. The topological polar surface area (TPSA) is 26.9 Å². The summed E-state index contributed by atoms with van der Waals surface area (Å²) in [4.78, 5) is 0. The van der Waals surface area contributed by atoms with Gasteiger partial charge in [-0.15, -0.1) is 11.6 Å². The smallest absolute Gasteiger partial charge is 0.193 e. The molecule has 0 amide bonds. The maximum absolute atomic E-state index is 10.9. The second-order valence-electron chi connectivity index (χ2n) is 1.96. The Hall–Kier alpha value is -0.760. The first kappa shape index (κ1) is 7.35. The van der Waals surface area contributed by atoms with Gasteiger partial charge in [-0.3, -0.25) is 0 Å². The number of pyridine rings is 1. The Bertz CT molecular complexity index is 215. The molecular formula is C7H8ClNO. The molecule has 54 valence electrons. The van der Waals surface area contributed by atoms with E-state index in [1.807, 2.05) is 6.07 Å². The lowest BCUT2D eigenvalue weighted by atomic mass is 10.3. The average Bonchev–Trinajstić information content (AvgIpc) is 1.94. The third-order valence-corrected chi connectivity index (χ3v) is 1.44. The predicted octanol–water partition coefficient (Wildman–Crippen LogP) is 1.10. The fraction of sp³-hybridized carbons (Fsp3) is 0.286. The minimum atomic E-state index is 0.492. The van der Waals surface area contributed by atoms with E-state index in [-0.39, 0.29) is 0 Å². The largest absolute Gasteiger partial charge is 0.619 e. The molecule has 10 heavy (non-hydrogen) atoms. The van der Waals surface area contributed by atoms with E-state index in [9.17, 15) is 5.21 Å². The van der Waals surface area contributed by atoms with Crippen LogP contribution in [0.4, 0.5) is 0 Å². The maximum Gasteiger partial charge on any atom is 0.193 e. The van der Waals surface area contributed by atoms with Gasteiger partial charge in [0.15, 0.2) is 11.9 Å². The third kappa shape index (κ3) is 1.61. The zero-order valence-electron chi connectivity index (χ0n) is 5.46. The maximum atomic E-state index is 10.9. The molecule has 0 unspecified atom stereocenters. The van der Waals surface area contributed by atoms with Crippen molar-refractivity contribution in [1.29, 1.82) is 0 Å². The van der Waals surface area contributed by atoms with E-state index >= 15 is 0 Å². The number of hydrogen-bond acceptors (Lipinski definition) is 1. The Kier molecular flexibility index (Phi) is 2.51. The van der Waals surface area contributed by atoms with Gasteiger partial charge in [0.2, 0.25) is 0 Å². The van der Waals surface area contributed by atoms with Gasteiger partial charge < -0.3 is 5.21 Å². The van der Waals surface area contributed by atoms with Crippen molar-refractivity contribution in [3.05, 3.63) is 35.3 Å². The Morgan fingerprint density at radius 3 is 2.90 bits per heavy atom. The molecule has 0 radical (unpaired) electrons. The molecule has 0 aliphatic rings. The summed E-state index contributed by atoms with van der Waals surface area (Å²) in [6.07, 6.45) is 2.10. The van der Waals surface area contributed by atoms with E-state index < -0.39 is 0 Å². The molecule has 0 bridgehead atoms. The van der Waals surface area contributed by atoms with E-state index in [0.717, 1.165) is 10.4 Å². The molecule has 3 heteroatoms. The summed E-state index contributed by atoms with van der Waals surface area (Å²) in [5, 5.41) is 10.9. The molecule has 0 aliphatic carbocycles. The molecular weight excluding hydrogens is 150 g/mol. The molecule has 0 aromatic carbocycles. The van der Waals surface area contributed by atoms with Crippen molar-refractivity contribution in [2.45, 2.75) is 6.42 Å². The van der Waals surface area contributed by atoms with Gasteiger partial charge in [-0.1, -0.05) is 6.07 Å². The van der Waals surface area contributed by atoms with Crippen LogP contribution < -0.4 is 4.73 Å². The summed E-state index contributed by atoms with van der Waals surface area (Å²) >= 11 is 5.46. The zero-order valence-corrected chi connectivity index (χ0v) is 6.21. The molecule has 0 aliphatic heterocycles. The highest BCUT2D eigenvalue weighted by molar-refractivity contribution is 6.17. The van der Waals surface area contributed by atoms with Crippen molar-refractivity contribution in [3.63, 3.8) is 0 Å². The quantitative estimate of drug-likeness (QED) is 0.359. The van der Waals surface area contributed by atoms with Crippen molar-refractivity contribution < 1.29 is 4.73 Å². The summed E-state index contributed by atoms with van der Waals surface area (Å²) in [6, 6.07) is 5.30. The van der Waals surface area contributed by atoms with Gasteiger partial charge >= 0.3 is 0 Å². The van der Waals surface area contributed by atoms with Crippen LogP contribution in [-0.2, 0) is 6.42 Å². The van der Waals surface area contributed by atoms with E-state index in [1.54, 1.807) is 12.1 Å². The minimum absolute atomic E-state index is 0.492. The minimum Gasteiger partial charge on any atom is -0.619 e. The van der Waals surface area contributed by atoms with Crippen LogP contribution in [0.25, 0.3) is 0 Å². The summed E-state index contributed by atoms with van der Waals surface area (Å²) in [5.41, 5.74) is 0.720. The summed E-state index contributed by atoms with van der Waals surface area (Å²) in [7, 11) is 0. The Balaban J connectivity index is 2.81. The average molecular weight is 158 g/mol. The summed E-state index contributed by atoms with van der Waals surface area (Å²) < 4.78 is 0.836. The molecule has 1 rings (SSSR count). The van der Waals surface area contributed by atoms with Crippen molar-refractivity contribution in [3.8, 4) is 0 Å². The van der Waals surface area contributed by atoms with Crippen LogP contribution >= 0.6 is 11.6 Å². The van der Waals surface area contributed by atoms with Gasteiger partial charge in [0.25, 0.3) is 0 Å². The van der Waals surface area contributed by atoms with Gasteiger partial charge in [0.1, 0.15) is 0 Å². The lowest BCUT2D eigenvalue weighted by Gasteiger charge is -1.99. The first-order valence-corrected chi connectivity index (χ1v) is 3.61. The van der Waals surface area contributed by atoms with Gasteiger partial charge in [-0.25, -0.2) is 0 Å². The van der Waals surface area contributed by atoms with Gasteiger partial charge in [-0.05, 0) is 0 Å². The standard InChI is InChI=1S/C7H8ClNO/c8-5-4-7-3-1-2-6-9(7)10/h1-3,6H,4-5H2. The molecule has 1 aromatic rings. The third-order valence-electron chi connectivity index (χ3n) is 1.25. The van der Waals surface area contributed by atoms with Crippen molar-refractivity contribution in [2.24, 2.45) is 0 Å². The fourth-order valence-electron chi connectivity index (χ4n) is 0.754. The van der Waals surface area contributed by atoms with Crippen LogP contribution in [0.1, 0.15) is 5.69 Å². The number of aryl methyl sites for hydroxylation is 1. The lowest BCUT2D eigenvalue weighted by Crippen LogP contribution is -2.30. The lowest BCUT2D eigenvalue weighted by molar-refractivity contribution is -0.613. The molecule has 0 saturated carbocycles. The van der Waals surface area contributed by atoms with Crippen LogP contribution in [0.3, 0.4) is 0 Å². The van der Waals surface area contributed by atoms with Gasteiger partial charge in [0, 0.05) is 24.4 Å². The Labute approximate surface area is 64.6 Å². The molecule has 2 nitrogen and oxygen atoms in total. The Morgan fingerprint density at radius 1 is 1.50 bits per heavy atom. The van der Waals surface area contributed by atoms with Crippen molar-refractivity contribution in [2.75, 3.05) is 5.88 Å². The van der Waals surface area contributed by atoms with E-state index in [0.29, 0.717) is 12.3 Å². The number of halogens is 1. The normalized spacial score (nSPS) is 9.70. The molecule has 0 saturated heterocycles. The van der Waals surface area contributed by atoms with Gasteiger partial charge in [0.05, 0.1) is 0 Å². The van der Waals surface area contributed by atoms with Crippen LogP contribution in [0.15, 0.2) is 24.4 Å². The van der Waals surface area contributed by atoms with Crippen molar-refractivity contribution in [1.82, 2.24) is 0 Å². The molecule has 0 fully saturated rings. The second kappa shape index (κ2) is 3.42. The first-order valence-electron chi connectivity index (χ1n) is 3.07. The number of aromatic nitrogens is 1. The predicted molar refractivity (Wildman–Crippen MR) is 39.8 cm³/mol. The Morgan fingerprint density at radius 2 is 2.30 bits per heavy atom. The van der Waals surface area contributed by atoms with Crippen molar-refractivity contribution >= 4 is 11.6 Å². The fourth-order valence-corrected chi connectivity index (χ4v) is 0.948. The number of rotatable bonds is 2. The number of hydrogen-bond donors (Lipinski definition) is 0. The highest BCUT2D eigenvalue weighted by Gasteiger charge is 1.99. The molecule has 1 aromatic heterocycles. The highest BCUT2D eigenvalue weighted by Crippen LogP contribution is 1.93. The van der Waals surface area contributed by atoms with Crippen LogP contribution in [0.5, 0.6) is 0 Å². The zero-order chi connectivity index (χ0) is 7.40. The summed E-state index contributed by atoms with van der Waals surface area (Å²) in [6.45, 7) is 0. The second-order valence-corrected chi connectivity index (χ2v) is 2.33. The van der Waals surface area contributed by atoms with E-state index in [1.165, 1.54) is 6.20 Å². The van der Waals surface area contributed by atoms with Gasteiger partial charge in [-0.2, -0.15) is 4.73 Å². The molecule has 0 N–H and O–H groups in total. The van der Waals surface area contributed by atoms with E-state index in [4.69, 9.17) is 11.6 Å². The molecule has 0 atom stereocenters. The molecule has 0 spiro atoms. The van der Waals surface area contributed by atoms with Crippen LogP contribution in [-0.4, -0.2) is 5.88 Å². The first-order chi connectivity index (χ1) is 4.84. The number of nitrogens with zero attached hydrogens (tertiary/aromatic N) is 1. The SMILES string of the molecule is [O-][n+]1ccccc1CCCl. The molecule has 1 heterocycles. The van der Waals surface area contributed by atoms with Crippen LogP contribution in [0.2, 0.25) is 0 Å².